The number of rotatable bonds is 1. The molecule has 1 aliphatic heterocycles. The topological polar surface area (TPSA) is 55.6 Å². The van der Waals surface area contributed by atoms with Crippen molar-refractivity contribution in [1.82, 2.24) is 4.90 Å². The molecule has 1 aromatic carbocycles. The van der Waals surface area contributed by atoms with Gasteiger partial charge in [0.2, 0.25) is 0 Å². The van der Waals surface area contributed by atoms with Crippen LogP contribution in [-0.4, -0.2) is 36.1 Å². The molecule has 2 N–H and O–H groups in total. The summed E-state index contributed by atoms with van der Waals surface area (Å²) in [5.74, 6) is 0.0631. The Morgan fingerprint density at radius 1 is 1.37 bits per heavy atom. The minimum absolute atomic E-state index is 0.0631. The summed E-state index contributed by atoms with van der Waals surface area (Å²) in [6.45, 7) is 1.31. The summed E-state index contributed by atoms with van der Waals surface area (Å²) in [4.78, 5) is 14.6. The maximum atomic E-state index is 12.6. The minimum Gasteiger partial charge on any atom is -0.399 e. The van der Waals surface area contributed by atoms with Gasteiger partial charge in [-0.1, -0.05) is 15.9 Å². The number of carbonyl (C=O) groups is 1. The number of nitrogens with zero attached hydrogens (tertiary/aromatic N) is 1. The van der Waals surface area contributed by atoms with Crippen LogP contribution < -0.4 is 5.73 Å². The van der Waals surface area contributed by atoms with Crippen LogP contribution in [0, 0.1) is 0 Å². The van der Waals surface area contributed by atoms with E-state index >= 15 is 0 Å². The Kier molecular flexibility index (Phi) is 3.50. The highest BCUT2D eigenvalue weighted by molar-refractivity contribution is 9.10. The lowest BCUT2D eigenvalue weighted by Crippen LogP contribution is -2.51. The molecule has 1 amide bonds. The number of anilines is 1. The molecule has 2 atom stereocenters. The molecule has 5 heteroatoms. The number of ether oxygens (including phenoxy) is 1. The van der Waals surface area contributed by atoms with E-state index in [1.54, 1.807) is 12.1 Å². The van der Waals surface area contributed by atoms with E-state index in [4.69, 9.17) is 10.5 Å². The molecule has 1 aromatic rings. The molecule has 2 unspecified atom stereocenters. The Bertz CT molecular complexity index is 486. The normalized spacial score (nSPS) is 26.3. The number of fused-ring (bicyclic) bond motifs is 1. The second kappa shape index (κ2) is 5.13. The van der Waals surface area contributed by atoms with Crippen LogP contribution in [0.3, 0.4) is 0 Å². The van der Waals surface area contributed by atoms with Crippen molar-refractivity contribution in [1.29, 1.82) is 0 Å². The van der Waals surface area contributed by atoms with Gasteiger partial charge in [0.15, 0.2) is 0 Å². The predicted molar refractivity (Wildman–Crippen MR) is 77.0 cm³/mol. The van der Waals surface area contributed by atoms with Crippen molar-refractivity contribution in [3.8, 4) is 0 Å². The molecule has 1 saturated heterocycles. The summed E-state index contributed by atoms with van der Waals surface area (Å²) in [6.07, 6.45) is 3.47. The zero-order valence-electron chi connectivity index (χ0n) is 10.6. The molecule has 2 fully saturated rings. The molecular weight excluding hydrogens is 308 g/mol. The van der Waals surface area contributed by atoms with Crippen LogP contribution in [-0.2, 0) is 4.74 Å². The maximum Gasteiger partial charge on any atom is 0.254 e. The maximum absolute atomic E-state index is 12.6. The molecule has 0 aromatic heterocycles. The summed E-state index contributed by atoms with van der Waals surface area (Å²) in [6, 6.07) is 5.61. The Morgan fingerprint density at radius 2 is 2.21 bits per heavy atom. The average molecular weight is 325 g/mol. The van der Waals surface area contributed by atoms with Crippen LogP contribution in [0.5, 0.6) is 0 Å². The predicted octanol–water partition coefficient (Wildman–Crippen LogP) is 2.42. The third-order valence-electron chi connectivity index (χ3n) is 3.91. The largest absolute Gasteiger partial charge is 0.399 e. The van der Waals surface area contributed by atoms with Gasteiger partial charge in [0.25, 0.3) is 5.91 Å². The fourth-order valence-electron chi connectivity index (χ4n) is 3.08. The number of morpholine rings is 1. The van der Waals surface area contributed by atoms with Crippen molar-refractivity contribution >= 4 is 27.5 Å². The van der Waals surface area contributed by atoms with Crippen molar-refractivity contribution in [3.05, 3.63) is 28.2 Å². The molecule has 1 heterocycles. The highest BCUT2D eigenvalue weighted by Crippen LogP contribution is 2.31. The summed E-state index contributed by atoms with van der Waals surface area (Å²) in [7, 11) is 0. The van der Waals surface area contributed by atoms with Crippen molar-refractivity contribution in [2.24, 2.45) is 0 Å². The van der Waals surface area contributed by atoms with Crippen LogP contribution in [0.15, 0.2) is 22.7 Å². The molecular formula is C14H17BrN2O2. The number of nitrogen functional groups attached to an aromatic ring is 1. The Hall–Kier alpha value is -1.07. The zero-order valence-corrected chi connectivity index (χ0v) is 12.2. The van der Waals surface area contributed by atoms with E-state index in [0.29, 0.717) is 24.4 Å². The van der Waals surface area contributed by atoms with Crippen LogP contribution in [0.1, 0.15) is 29.6 Å². The first-order valence-electron chi connectivity index (χ1n) is 6.64. The number of amides is 1. The first kappa shape index (κ1) is 12.9. The quantitative estimate of drug-likeness (QED) is 0.807. The molecule has 102 valence electrons. The Labute approximate surface area is 121 Å². The molecule has 0 radical (unpaired) electrons. The lowest BCUT2D eigenvalue weighted by atomic mass is 10.1. The van der Waals surface area contributed by atoms with Gasteiger partial charge in [-0.15, -0.1) is 0 Å². The van der Waals surface area contributed by atoms with Gasteiger partial charge in [0.1, 0.15) is 0 Å². The standard InChI is InChI=1S/C14H17BrN2O2/c15-10-6-9(7-11(16)8-10)14(18)17-4-5-19-13-3-1-2-12(13)17/h6-8,12-13H,1-5,16H2. The van der Waals surface area contributed by atoms with E-state index in [1.165, 1.54) is 0 Å². The van der Waals surface area contributed by atoms with Gasteiger partial charge in [-0.25, -0.2) is 0 Å². The zero-order chi connectivity index (χ0) is 13.4. The van der Waals surface area contributed by atoms with Gasteiger partial charge in [-0.2, -0.15) is 0 Å². The Balaban J connectivity index is 1.86. The minimum atomic E-state index is 0.0631. The third kappa shape index (κ3) is 2.49. The SMILES string of the molecule is Nc1cc(Br)cc(C(=O)N2CCOC3CCCC32)c1. The van der Waals surface area contributed by atoms with E-state index in [-0.39, 0.29) is 18.1 Å². The van der Waals surface area contributed by atoms with Gasteiger partial charge in [0.05, 0.1) is 18.8 Å². The van der Waals surface area contributed by atoms with Gasteiger partial charge in [0, 0.05) is 22.3 Å². The van der Waals surface area contributed by atoms with Crippen LogP contribution in [0.4, 0.5) is 5.69 Å². The molecule has 1 aliphatic carbocycles. The van der Waals surface area contributed by atoms with Crippen LogP contribution in [0.2, 0.25) is 0 Å². The smallest absolute Gasteiger partial charge is 0.254 e. The summed E-state index contributed by atoms with van der Waals surface area (Å²) < 4.78 is 6.58. The van der Waals surface area contributed by atoms with Crippen molar-refractivity contribution in [2.75, 3.05) is 18.9 Å². The number of carbonyl (C=O) groups excluding carboxylic acids is 1. The lowest BCUT2D eigenvalue weighted by molar-refractivity contribution is -0.0445. The Morgan fingerprint density at radius 3 is 3.00 bits per heavy atom. The molecule has 4 nitrogen and oxygen atoms in total. The fraction of sp³-hybridized carbons (Fsp3) is 0.500. The molecule has 3 rings (SSSR count). The number of benzene rings is 1. The summed E-state index contributed by atoms with van der Waals surface area (Å²) >= 11 is 3.39. The highest BCUT2D eigenvalue weighted by Gasteiger charge is 2.38. The van der Waals surface area contributed by atoms with Gasteiger partial charge in [-0.3, -0.25) is 4.79 Å². The van der Waals surface area contributed by atoms with Crippen molar-refractivity contribution in [2.45, 2.75) is 31.4 Å². The average Bonchev–Trinajstić information content (AvgIpc) is 2.84. The van der Waals surface area contributed by atoms with Gasteiger partial charge < -0.3 is 15.4 Å². The van der Waals surface area contributed by atoms with Gasteiger partial charge in [-0.05, 0) is 37.5 Å². The molecule has 0 spiro atoms. The number of hydrogen-bond acceptors (Lipinski definition) is 3. The van der Waals surface area contributed by atoms with E-state index in [1.807, 2.05) is 11.0 Å². The van der Waals surface area contributed by atoms with Crippen molar-refractivity contribution < 1.29 is 9.53 Å². The van der Waals surface area contributed by atoms with Crippen LogP contribution >= 0.6 is 15.9 Å². The molecule has 1 saturated carbocycles. The lowest BCUT2D eigenvalue weighted by Gasteiger charge is -2.37. The molecule has 2 aliphatic rings. The van der Waals surface area contributed by atoms with E-state index < -0.39 is 0 Å². The highest BCUT2D eigenvalue weighted by atomic mass is 79.9. The number of halogens is 1. The number of nitrogens with two attached hydrogens (primary N) is 1. The fourth-order valence-corrected chi connectivity index (χ4v) is 3.59. The summed E-state index contributed by atoms with van der Waals surface area (Å²) in [5, 5.41) is 0. The monoisotopic (exact) mass is 324 g/mol. The van der Waals surface area contributed by atoms with Gasteiger partial charge >= 0.3 is 0 Å². The summed E-state index contributed by atoms with van der Waals surface area (Å²) in [5.41, 5.74) is 7.07. The first-order chi connectivity index (χ1) is 9.15. The second-order valence-corrected chi connectivity index (χ2v) is 6.09. The number of hydrogen-bond donors (Lipinski definition) is 1. The van der Waals surface area contributed by atoms with Crippen LogP contribution in [0.25, 0.3) is 0 Å². The van der Waals surface area contributed by atoms with E-state index in [0.717, 1.165) is 23.7 Å². The van der Waals surface area contributed by atoms with Crippen molar-refractivity contribution in [3.63, 3.8) is 0 Å². The molecule has 0 bridgehead atoms. The molecule has 19 heavy (non-hydrogen) atoms. The van der Waals surface area contributed by atoms with E-state index in [9.17, 15) is 4.79 Å². The first-order valence-corrected chi connectivity index (χ1v) is 7.43. The second-order valence-electron chi connectivity index (χ2n) is 5.18. The van der Waals surface area contributed by atoms with E-state index in [2.05, 4.69) is 15.9 Å². The third-order valence-corrected chi connectivity index (χ3v) is 4.37.